The Morgan fingerprint density at radius 3 is 2.11 bits per heavy atom. The van der Waals surface area contributed by atoms with E-state index in [1.54, 1.807) is 0 Å². The minimum absolute atomic E-state index is 0.430. The van der Waals surface area contributed by atoms with Crippen LogP contribution in [0, 0.1) is 0 Å². The van der Waals surface area contributed by atoms with Gasteiger partial charge in [0.2, 0.25) is 0 Å². The van der Waals surface area contributed by atoms with Gasteiger partial charge in [0.25, 0.3) is 0 Å². The smallest absolute Gasteiger partial charge is 0.0314 e. The fraction of sp³-hybridized carbons (Fsp3) is 0.600. The van der Waals surface area contributed by atoms with Crippen molar-refractivity contribution in [2.45, 2.75) is 43.7 Å². The van der Waals surface area contributed by atoms with Crippen LogP contribution in [0.5, 0.6) is 0 Å². The quantitative estimate of drug-likeness (QED) is 0.783. The van der Waals surface area contributed by atoms with Crippen molar-refractivity contribution in [3.05, 3.63) is 29.8 Å². The van der Waals surface area contributed by atoms with Gasteiger partial charge >= 0.3 is 0 Å². The standard InChI is InChI=1S/C15H23N3/c16-13-5-1-11(2-6-13)12-3-7-15(8-4-12)18-9-14(17)10-18/h1-2,5-6,12,14-15H,3-4,7-10,16-17H2. The molecule has 0 aromatic heterocycles. The number of hydrogen-bond donors (Lipinski definition) is 2. The summed E-state index contributed by atoms with van der Waals surface area (Å²) in [6, 6.07) is 9.65. The SMILES string of the molecule is Nc1ccc(C2CCC(N3CC(N)C3)CC2)cc1. The summed E-state index contributed by atoms with van der Waals surface area (Å²) in [5.41, 5.74) is 13.9. The number of nitrogen functional groups attached to an aromatic ring is 1. The monoisotopic (exact) mass is 245 g/mol. The molecule has 1 heterocycles. The maximum atomic E-state index is 5.85. The van der Waals surface area contributed by atoms with E-state index in [0.717, 1.165) is 30.7 Å². The predicted molar refractivity (Wildman–Crippen MR) is 75.4 cm³/mol. The average Bonchev–Trinajstić information content (AvgIpc) is 2.36. The van der Waals surface area contributed by atoms with Crippen molar-refractivity contribution in [2.24, 2.45) is 5.73 Å². The van der Waals surface area contributed by atoms with E-state index in [4.69, 9.17) is 11.5 Å². The highest BCUT2D eigenvalue weighted by molar-refractivity contribution is 5.40. The van der Waals surface area contributed by atoms with E-state index in [0.29, 0.717) is 6.04 Å². The van der Waals surface area contributed by atoms with Crippen molar-refractivity contribution in [2.75, 3.05) is 18.8 Å². The second-order valence-corrected chi connectivity index (χ2v) is 5.89. The highest BCUT2D eigenvalue weighted by Crippen LogP contribution is 2.35. The first-order chi connectivity index (χ1) is 8.72. The van der Waals surface area contributed by atoms with Gasteiger partial charge in [0.05, 0.1) is 0 Å². The van der Waals surface area contributed by atoms with Crippen LogP contribution in [0.4, 0.5) is 5.69 Å². The molecule has 0 atom stereocenters. The lowest BCUT2D eigenvalue weighted by molar-refractivity contribution is 0.0679. The third-order valence-electron chi connectivity index (χ3n) is 4.56. The van der Waals surface area contributed by atoms with Gasteiger partial charge in [-0.2, -0.15) is 0 Å². The third kappa shape index (κ3) is 2.38. The summed E-state index contributed by atoms with van der Waals surface area (Å²) in [4.78, 5) is 2.56. The van der Waals surface area contributed by atoms with Crippen LogP contribution in [0.15, 0.2) is 24.3 Å². The zero-order chi connectivity index (χ0) is 12.5. The number of likely N-dealkylation sites (tertiary alicyclic amines) is 1. The van der Waals surface area contributed by atoms with Gasteiger partial charge in [-0.1, -0.05) is 12.1 Å². The number of nitrogens with zero attached hydrogens (tertiary/aromatic N) is 1. The van der Waals surface area contributed by atoms with Crippen molar-refractivity contribution in [3.63, 3.8) is 0 Å². The minimum atomic E-state index is 0.430. The van der Waals surface area contributed by atoms with E-state index in [-0.39, 0.29) is 0 Å². The molecular weight excluding hydrogens is 222 g/mol. The number of anilines is 1. The largest absolute Gasteiger partial charge is 0.399 e. The summed E-state index contributed by atoms with van der Waals surface area (Å²) in [6.45, 7) is 2.22. The number of hydrogen-bond acceptors (Lipinski definition) is 3. The molecule has 1 saturated carbocycles. The van der Waals surface area contributed by atoms with E-state index in [1.165, 1.54) is 31.2 Å². The Morgan fingerprint density at radius 2 is 1.56 bits per heavy atom. The lowest BCUT2D eigenvalue weighted by Gasteiger charge is -2.45. The number of rotatable bonds is 2. The first kappa shape index (κ1) is 12.0. The molecule has 3 nitrogen and oxygen atoms in total. The predicted octanol–water partition coefficient (Wildman–Crippen LogP) is 1.94. The minimum Gasteiger partial charge on any atom is -0.399 e. The maximum absolute atomic E-state index is 5.85. The first-order valence-electron chi connectivity index (χ1n) is 7.07. The first-order valence-corrected chi connectivity index (χ1v) is 7.07. The summed E-state index contributed by atoms with van der Waals surface area (Å²) >= 11 is 0. The molecule has 0 radical (unpaired) electrons. The van der Waals surface area contributed by atoms with Crippen LogP contribution in [-0.2, 0) is 0 Å². The van der Waals surface area contributed by atoms with Crippen LogP contribution < -0.4 is 11.5 Å². The van der Waals surface area contributed by atoms with E-state index >= 15 is 0 Å². The van der Waals surface area contributed by atoms with Crippen molar-refractivity contribution < 1.29 is 0 Å². The van der Waals surface area contributed by atoms with Gasteiger partial charge in [-0.3, -0.25) is 4.90 Å². The van der Waals surface area contributed by atoms with Crippen LogP contribution in [0.2, 0.25) is 0 Å². The molecule has 1 aromatic carbocycles. The van der Waals surface area contributed by atoms with Gasteiger partial charge in [-0.15, -0.1) is 0 Å². The van der Waals surface area contributed by atoms with Crippen LogP contribution in [-0.4, -0.2) is 30.1 Å². The fourth-order valence-corrected chi connectivity index (χ4v) is 3.39. The van der Waals surface area contributed by atoms with Gasteiger partial charge in [-0.05, 0) is 49.3 Å². The molecular formula is C15H23N3. The molecule has 2 fully saturated rings. The van der Waals surface area contributed by atoms with Crippen LogP contribution in [0.1, 0.15) is 37.2 Å². The molecule has 2 aliphatic rings. The van der Waals surface area contributed by atoms with Crippen molar-refractivity contribution in [1.29, 1.82) is 0 Å². The lowest BCUT2D eigenvalue weighted by Crippen LogP contribution is -2.59. The molecule has 0 spiro atoms. The van der Waals surface area contributed by atoms with Crippen molar-refractivity contribution >= 4 is 5.69 Å². The molecule has 1 saturated heterocycles. The van der Waals surface area contributed by atoms with Crippen LogP contribution in [0.25, 0.3) is 0 Å². The molecule has 0 bridgehead atoms. The van der Waals surface area contributed by atoms with E-state index in [2.05, 4.69) is 17.0 Å². The Kier molecular flexibility index (Phi) is 3.27. The molecule has 98 valence electrons. The zero-order valence-electron chi connectivity index (χ0n) is 10.9. The Balaban J connectivity index is 1.55. The van der Waals surface area contributed by atoms with Gasteiger partial charge in [0.1, 0.15) is 0 Å². The molecule has 3 rings (SSSR count). The normalized spacial score (nSPS) is 30.1. The number of benzene rings is 1. The Labute approximate surface area is 109 Å². The second kappa shape index (κ2) is 4.90. The highest BCUT2D eigenvalue weighted by Gasteiger charge is 2.32. The Bertz CT molecular complexity index is 387. The van der Waals surface area contributed by atoms with Crippen molar-refractivity contribution in [1.82, 2.24) is 4.90 Å². The van der Waals surface area contributed by atoms with E-state index < -0.39 is 0 Å². The van der Waals surface area contributed by atoms with Crippen LogP contribution in [0.3, 0.4) is 0 Å². The van der Waals surface area contributed by atoms with Gasteiger partial charge < -0.3 is 11.5 Å². The highest BCUT2D eigenvalue weighted by atomic mass is 15.2. The molecule has 1 aromatic rings. The van der Waals surface area contributed by atoms with E-state index in [9.17, 15) is 0 Å². The van der Waals surface area contributed by atoms with Crippen molar-refractivity contribution in [3.8, 4) is 0 Å². The zero-order valence-corrected chi connectivity index (χ0v) is 10.9. The molecule has 1 aliphatic heterocycles. The summed E-state index contributed by atoms with van der Waals surface area (Å²) in [6.07, 6.45) is 5.25. The van der Waals surface area contributed by atoms with Gasteiger partial charge in [0.15, 0.2) is 0 Å². The second-order valence-electron chi connectivity index (χ2n) is 5.89. The summed E-state index contributed by atoms with van der Waals surface area (Å²) in [5, 5.41) is 0. The third-order valence-corrected chi connectivity index (χ3v) is 4.56. The van der Waals surface area contributed by atoms with Gasteiger partial charge in [-0.25, -0.2) is 0 Å². The Hall–Kier alpha value is -1.06. The lowest BCUT2D eigenvalue weighted by atomic mass is 9.80. The topological polar surface area (TPSA) is 55.3 Å². The molecule has 4 N–H and O–H groups in total. The fourth-order valence-electron chi connectivity index (χ4n) is 3.39. The Morgan fingerprint density at radius 1 is 0.944 bits per heavy atom. The van der Waals surface area contributed by atoms with E-state index in [1.807, 2.05) is 12.1 Å². The molecule has 0 amide bonds. The molecule has 0 unspecified atom stereocenters. The summed E-state index contributed by atoms with van der Waals surface area (Å²) < 4.78 is 0. The number of nitrogens with two attached hydrogens (primary N) is 2. The van der Waals surface area contributed by atoms with Gasteiger partial charge in [0, 0.05) is 30.9 Å². The maximum Gasteiger partial charge on any atom is 0.0314 e. The average molecular weight is 245 g/mol. The summed E-state index contributed by atoms with van der Waals surface area (Å²) in [5.74, 6) is 0.733. The molecule has 18 heavy (non-hydrogen) atoms. The molecule has 1 aliphatic carbocycles. The van der Waals surface area contributed by atoms with Crippen LogP contribution >= 0.6 is 0 Å². The summed E-state index contributed by atoms with van der Waals surface area (Å²) in [7, 11) is 0. The molecule has 3 heteroatoms.